The van der Waals surface area contributed by atoms with Gasteiger partial charge in [-0.3, -0.25) is 4.79 Å². The van der Waals surface area contributed by atoms with Gasteiger partial charge in [0.2, 0.25) is 0 Å². The van der Waals surface area contributed by atoms with Gasteiger partial charge in [0.25, 0.3) is 0 Å². The third kappa shape index (κ3) is 2.93. The summed E-state index contributed by atoms with van der Waals surface area (Å²) in [5.41, 5.74) is -0.363. The molecular formula is C10H16BrNO3. The number of ketones is 1. The number of rotatable bonds is 4. The van der Waals surface area contributed by atoms with Crippen molar-refractivity contribution in [3.63, 3.8) is 0 Å². The molecule has 0 aliphatic heterocycles. The highest BCUT2D eigenvalue weighted by Crippen LogP contribution is 2.38. The number of carbonyl (C=O) groups is 2. The van der Waals surface area contributed by atoms with E-state index in [0.717, 1.165) is 25.7 Å². The van der Waals surface area contributed by atoms with Crippen molar-refractivity contribution in [2.75, 3.05) is 19.0 Å². The fourth-order valence-corrected chi connectivity index (χ4v) is 2.66. The van der Waals surface area contributed by atoms with E-state index in [2.05, 4.69) is 26.0 Å². The maximum atomic E-state index is 11.8. The summed E-state index contributed by atoms with van der Waals surface area (Å²) in [6, 6.07) is 0. The highest BCUT2D eigenvalue weighted by molar-refractivity contribution is 9.09. The highest BCUT2D eigenvalue weighted by Gasteiger charge is 2.40. The molecule has 0 spiro atoms. The van der Waals surface area contributed by atoms with E-state index < -0.39 is 6.09 Å². The quantitative estimate of drug-likeness (QED) is 0.799. The molecule has 1 aliphatic rings. The van der Waals surface area contributed by atoms with Crippen molar-refractivity contribution < 1.29 is 14.3 Å². The van der Waals surface area contributed by atoms with E-state index in [4.69, 9.17) is 0 Å². The van der Waals surface area contributed by atoms with Crippen molar-refractivity contribution in [1.82, 2.24) is 5.32 Å². The van der Waals surface area contributed by atoms with Crippen LogP contribution in [0.5, 0.6) is 0 Å². The molecule has 1 aliphatic carbocycles. The molecule has 15 heavy (non-hydrogen) atoms. The Hall–Kier alpha value is -0.580. The lowest BCUT2D eigenvalue weighted by Gasteiger charge is -2.26. The summed E-state index contributed by atoms with van der Waals surface area (Å²) < 4.78 is 4.50. The van der Waals surface area contributed by atoms with Gasteiger partial charge in [0.15, 0.2) is 5.78 Å². The number of alkyl carbamates (subject to hydrolysis) is 1. The van der Waals surface area contributed by atoms with E-state index in [1.807, 2.05) is 0 Å². The standard InChI is InChI=1S/C10H16BrNO3/c1-15-9(14)12-7-10(8(13)6-11)4-2-3-5-10/h2-7H2,1H3,(H,12,14). The Balaban J connectivity index is 2.58. The third-order valence-corrected chi connectivity index (χ3v) is 3.54. The molecule has 86 valence electrons. The number of halogens is 1. The highest BCUT2D eigenvalue weighted by atomic mass is 79.9. The summed E-state index contributed by atoms with van der Waals surface area (Å²) in [4.78, 5) is 22.8. The maximum Gasteiger partial charge on any atom is 0.406 e. The smallest absolute Gasteiger partial charge is 0.406 e. The lowest BCUT2D eigenvalue weighted by Crippen LogP contribution is -2.41. The summed E-state index contributed by atoms with van der Waals surface area (Å²) in [6.07, 6.45) is 3.37. The maximum absolute atomic E-state index is 11.8. The Kier molecular flexibility index (Phi) is 4.57. The first-order valence-electron chi connectivity index (χ1n) is 5.06. The van der Waals surface area contributed by atoms with Gasteiger partial charge in [0.05, 0.1) is 12.4 Å². The van der Waals surface area contributed by atoms with Crippen LogP contribution in [0.1, 0.15) is 25.7 Å². The lowest BCUT2D eigenvalue weighted by molar-refractivity contribution is -0.125. The Morgan fingerprint density at radius 1 is 1.40 bits per heavy atom. The average Bonchev–Trinajstić information content (AvgIpc) is 2.74. The Morgan fingerprint density at radius 2 is 2.00 bits per heavy atom. The van der Waals surface area contributed by atoms with Gasteiger partial charge in [-0.1, -0.05) is 28.8 Å². The molecule has 1 N–H and O–H groups in total. The van der Waals surface area contributed by atoms with Crippen LogP contribution in [-0.4, -0.2) is 30.9 Å². The molecule has 0 unspecified atom stereocenters. The van der Waals surface area contributed by atoms with E-state index in [0.29, 0.717) is 11.9 Å². The molecule has 1 saturated carbocycles. The fourth-order valence-electron chi connectivity index (χ4n) is 2.06. The number of Topliss-reactive ketones (excluding diaryl/α,β-unsaturated/α-hetero) is 1. The average molecular weight is 278 g/mol. The molecule has 0 aromatic carbocycles. The summed E-state index contributed by atoms with van der Waals surface area (Å²) in [5.74, 6) is 0.177. The van der Waals surface area contributed by atoms with Crippen LogP contribution >= 0.6 is 15.9 Å². The van der Waals surface area contributed by atoms with Gasteiger partial charge in [0.1, 0.15) is 0 Å². The predicted octanol–water partition coefficient (Wildman–Crippen LogP) is 1.87. The van der Waals surface area contributed by atoms with Crippen LogP contribution in [-0.2, 0) is 9.53 Å². The van der Waals surface area contributed by atoms with Gasteiger partial charge in [0, 0.05) is 12.0 Å². The zero-order valence-corrected chi connectivity index (χ0v) is 10.4. The Morgan fingerprint density at radius 3 is 2.47 bits per heavy atom. The predicted molar refractivity (Wildman–Crippen MR) is 60.1 cm³/mol. The van der Waals surface area contributed by atoms with Gasteiger partial charge in [-0.15, -0.1) is 0 Å². The minimum Gasteiger partial charge on any atom is -0.453 e. The number of amides is 1. The molecule has 4 nitrogen and oxygen atoms in total. The molecule has 0 aromatic heterocycles. The zero-order valence-electron chi connectivity index (χ0n) is 8.85. The van der Waals surface area contributed by atoms with Crippen LogP contribution in [0.2, 0.25) is 0 Å². The number of ether oxygens (including phenoxy) is 1. The SMILES string of the molecule is COC(=O)NCC1(C(=O)CBr)CCCC1. The van der Waals surface area contributed by atoms with Crippen molar-refractivity contribution in [1.29, 1.82) is 0 Å². The second-order valence-corrected chi connectivity index (χ2v) is 4.45. The van der Waals surface area contributed by atoms with Gasteiger partial charge in [-0.05, 0) is 12.8 Å². The molecule has 1 amide bonds. The molecule has 5 heteroatoms. The molecule has 0 atom stereocenters. The van der Waals surface area contributed by atoms with Crippen molar-refractivity contribution >= 4 is 27.8 Å². The second kappa shape index (κ2) is 5.49. The monoisotopic (exact) mass is 277 g/mol. The zero-order chi connectivity index (χ0) is 11.3. The lowest BCUT2D eigenvalue weighted by atomic mass is 9.82. The Labute approximate surface area is 97.9 Å². The van der Waals surface area contributed by atoms with Crippen LogP contribution in [0.15, 0.2) is 0 Å². The van der Waals surface area contributed by atoms with Crippen molar-refractivity contribution in [3.8, 4) is 0 Å². The normalized spacial score (nSPS) is 18.5. The fraction of sp³-hybridized carbons (Fsp3) is 0.800. The summed E-state index contributed by atoms with van der Waals surface area (Å²) in [5, 5.41) is 2.98. The van der Waals surface area contributed by atoms with Crippen molar-refractivity contribution in [2.24, 2.45) is 5.41 Å². The summed E-state index contributed by atoms with van der Waals surface area (Å²) in [7, 11) is 1.32. The molecule has 1 rings (SSSR count). The van der Waals surface area contributed by atoms with Crippen LogP contribution in [0.4, 0.5) is 4.79 Å². The van der Waals surface area contributed by atoms with Crippen molar-refractivity contribution in [2.45, 2.75) is 25.7 Å². The first-order valence-corrected chi connectivity index (χ1v) is 6.18. The van der Waals surface area contributed by atoms with E-state index in [1.165, 1.54) is 7.11 Å². The van der Waals surface area contributed by atoms with E-state index in [-0.39, 0.29) is 11.2 Å². The minimum atomic E-state index is -0.469. The number of hydrogen-bond acceptors (Lipinski definition) is 3. The Bertz CT molecular complexity index is 249. The number of methoxy groups -OCH3 is 1. The number of hydrogen-bond donors (Lipinski definition) is 1. The molecule has 1 fully saturated rings. The summed E-state index contributed by atoms with van der Waals surface area (Å²) in [6.45, 7) is 0.393. The third-order valence-electron chi connectivity index (χ3n) is 3.03. The molecule has 0 saturated heterocycles. The van der Waals surface area contributed by atoms with E-state index in [9.17, 15) is 9.59 Å². The number of nitrogens with one attached hydrogen (secondary N) is 1. The van der Waals surface area contributed by atoms with Crippen LogP contribution in [0.25, 0.3) is 0 Å². The topological polar surface area (TPSA) is 55.4 Å². The largest absolute Gasteiger partial charge is 0.453 e. The first kappa shape index (κ1) is 12.5. The van der Waals surface area contributed by atoms with Gasteiger partial charge < -0.3 is 10.1 Å². The van der Waals surface area contributed by atoms with Gasteiger partial charge >= 0.3 is 6.09 Å². The molecule has 0 aromatic rings. The van der Waals surface area contributed by atoms with E-state index >= 15 is 0 Å². The van der Waals surface area contributed by atoms with Crippen LogP contribution < -0.4 is 5.32 Å². The van der Waals surface area contributed by atoms with Gasteiger partial charge in [-0.25, -0.2) is 4.79 Å². The first-order chi connectivity index (χ1) is 7.14. The second-order valence-electron chi connectivity index (χ2n) is 3.89. The number of alkyl halides is 1. The van der Waals surface area contributed by atoms with Crippen LogP contribution in [0, 0.1) is 5.41 Å². The molecule has 0 heterocycles. The van der Waals surface area contributed by atoms with Crippen LogP contribution in [0.3, 0.4) is 0 Å². The molecule has 0 bridgehead atoms. The minimum absolute atomic E-state index is 0.177. The molecule has 0 radical (unpaired) electrons. The summed E-state index contributed by atoms with van der Waals surface area (Å²) >= 11 is 3.19. The number of carbonyl (C=O) groups excluding carboxylic acids is 2. The van der Waals surface area contributed by atoms with E-state index in [1.54, 1.807) is 0 Å². The van der Waals surface area contributed by atoms with Gasteiger partial charge in [-0.2, -0.15) is 0 Å². The molecular weight excluding hydrogens is 262 g/mol. The van der Waals surface area contributed by atoms with Crippen molar-refractivity contribution in [3.05, 3.63) is 0 Å².